The van der Waals surface area contributed by atoms with Crippen LogP contribution in [-0.2, 0) is 0 Å². The Bertz CT molecular complexity index is 830. The number of rotatable bonds is 6. The Hall–Kier alpha value is -1.70. The van der Waals surface area contributed by atoms with E-state index in [1.54, 1.807) is 17.0 Å². The average molecular weight is 409 g/mol. The van der Waals surface area contributed by atoms with Crippen molar-refractivity contribution < 1.29 is 14.1 Å². The summed E-state index contributed by atoms with van der Waals surface area (Å²) in [6.07, 6.45) is 2.42. The van der Waals surface area contributed by atoms with E-state index < -0.39 is 0 Å². The summed E-state index contributed by atoms with van der Waals surface area (Å²) in [6, 6.07) is 9.36. The van der Waals surface area contributed by atoms with Crippen LogP contribution in [0.4, 0.5) is 5.13 Å². The van der Waals surface area contributed by atoms with Crippen LogP contribution in [0.15, 0.2) is 45.5 Å². The molecule has 0 atom stereocenters. The minimum Gasteiger partial charge on any atom is -0.459 e. The van der Waals surface area contributed by atoms with Crippen LogP contribution in [-0.4, -0.2) is 38.1 Å². The maximum Gasteiger partial charge on any atom is 0.295 e. The number of carbonyl (C=O) groups is 1. The smallest absolute Gasteiger partial charge is 0.295 e. The van der Waals surface area contributed by atoms with Crippen molar-refractivity contribution in [2.24, 2.45) is 0 Å². The predicted octanol–water partition coefficient (Wildman–Crippen LogP) is 2.83. The maximum atomic E-state index is 12.8. The summed E-state index contributed by atoms with van der Waals surface area (Å²) in [5.74, 6) is 0.194. The molecule has 2 aromatic heterocycles. The number of furan rings is 1. The van der Waals surface area contributed by atoms with E-state index in [0.717, 1.165) is 27.7 Å². The number of thiazole rings is 1. The molecule has 3 rings (SSSR count). The highest BCUT2D eigenvalue weighted by atomic mass is 79.9. The zero-order chi connectivity index (χ0) is 17.1. The lowest BCUT2D eigenvalue weighted by molar-refractivity contribution is -0.858. The van der Waals surface area contributed by atoms with Crippen LogP contribution in [0, 0.1) is 0 Å². The Labute approximate surface area is 153 Å². The van der Waals surface area contributed by atoms with Crippen molar-refractivity contribution >= 4 is 48.5 Å². The molecule has 0 saturated heterocycles. The molecule has 2 heterocycles. The van der Waals surface area contributed by atoms with Gasteiger partial charge >= 0.3 is 0 Å². The number of quaternary nitrogens is 1. The number of hydrogen-bond donors (Lipinski definition) is 1. The molecule has 0 fully saturated rings. The lowest BCUT2D eigenvalue weighted by Crippen LogP contribution is -3.05. The first-order valence-corrected chi connectivity index (χ1v) is 9.36. The second kappa shape index (κ2) is 7.46. The van der Waals surface area contributed by atoms with E-state index in [4.69, 9.17) is 4.42 Å². The molecule has 3 aromatic rings. The zero-order valence-corrected chi connectivity index (χ0v) is 16.0. The molecule has 5 nitrogen and oxygen atoms in total. The lowest BCUT2D eigenvalue weighted by Gasteiger charge is -2.19. The summed E-state index contributed by atoms with van der Waals surface area (Å²) < 4.78 is 7.35. The fourth-order valence-corrected chi connectivity index (χ4v) is 3.95. The van der Waals surface area contributed by atoms with E-state index in [2.05, 4.69) is 35.0 Å². The maximum absolute atomic E-state index is 12.8. The number of nitrogens with one attached hydrogen (secondary N) is 1. The predicted molar refractivity (Wildman–Crippen MR) is 100.0 cm³/mol. The van der Waals surface area contributed by atoms with Crippen molar-refractivity contribution in [1.29, 1.82) is 0 Å². The van der Waals surface area contributed by atoms with Gasteiger partial charge in [-0.25, -0.2) is 4.98 Å². The number of anilines is 1. The molecule has 0 bridgehead atoms. The van der Waals surface area contributed by atoms with Crippen LogP contribution in [0.25, 0.3) is 10.2 Å². The van der Waals surface area contributed by atoms with Gasteiger partial charge in [0, 0.05) is 17.4 Å². The van der Waals surface area contributed by atoms with Gasteiger partial charge < -0.3 is 9.32 Å². The third-order valence-corrected chi connectivity index (χ3v) is 5.14. The van der Waals surface area contributed by atoms with E-state index in [9.17, 15) is 4.79 Å². The van der Waals surface area contributed by atoms with Gasteiger partial charge in [-0.2, -0.15) is 0 Å². The van der Waals surface area contributed by atoms with Crippen molar-refractivity contribution in [3.05, 3.63) is 46.8 Å². The Kier molecular flexibility index (Phi) is 5.33. The monoisotopic (exact) mass is 408 g/mol. The molecule has 1 N–H and O–H groups in total. The Balaban J connectivity index is 1.91. The first-order valence-electron chi connectivity index (χ1n) is 7.75. The first kappa shape index (κ1) is 17.1. The van der Waals surface area contributed by atoms with E-state index in [1.165, 1.54) is 22.5 Å². The van der Waals surface area contributed by atoms with E-state index >= 15 is 0 Å². The Morgan fingerprint density at radius 1 is 1.38 bits per heavy atom. The van der Waals surface area contributed by atoms with Crippen LogP contribution >= 0.6 is 27.3 Å². The first-order chi connectivity index (χ1) is 11.5. The largest absolute Gasteiger partial charge is 0.459 e. The van der Waals surface area contributed by atoms with Crippen molar-refractivity contribution in [3.8, 4) is 0 Å². The number of aromatic nitrogens is 1. The molecular weight excluding hydrogens is 390 g/mol. The van der Waals surface area contributed by atoms with Crippen LogP contribution in [0.1, 0.15) is 17.0 Å². The van der Waals surface area contributed by atoms with Crippen LogP contribution in [0.5, 0.6) is 0 Å². The van der Waals surface area contributed by atoms with Gasteiger partial charge in [-0.3, -0.25) is 9.69 Å². The Morgan fingerprint density at radius 2 is 2.21 bits per heavy atom. The van der Waals surface area contributed by atoms with E-state index in [-0.39, 0.29) is 5.91 Å². The molecule has 0 aliphatic heterocycles. The van der Waals surface area contributed by atoms with E-state index in [1.807, 2.05) is 18.2 Å². The molecule has 0 aliphatic rings. The molecular formula is C17H19BrN3O2S+. The second-order valence-electron chi connectivity index (χ2n) is 5.85. The molecule has 0 aliphatic carbocycles. The summed E-state index contributed by atoms with van der Waals surface area (Å²) in [5.41, 5.74) is 0.897. The van der Waals surface area contributed by atoms with Crippen LogP contribution in [0.3, 0.4) is 0 Å². The summed E-state index contributed by atoms with van der Waals surface area (Å²) in [4.78, 5) is 20.5. The van der Waals surface area contributed by atoms with Crippen LogP contribution in [0.2, 0.25) is 0 Å². The molecule has 7 heteroatoms. The standard InChI is InChI=1S/C17H18BrN3O2S/c1-20(2)8-4-9-21(16(22)14-5-3-10-23-14)17-19-13-7-6-12(18)11-15(13)24-17/h3,5-7,10-11H,4,8-9H2,1-2H3/p+1. The fraction of sp³-hybridized carbons (Fsp3) is 0.294. The number of nitrogens with zero attached hydrogens (tertiary/aromatic N) is 2. The van der Waals surface area contributed by atoms with Crippen molar-refractivity contribution in [2.75, 3.05) is 32.1 Å². The molecule has 0 saturated carbocycles. The highest BCUT2D eigenvalue weighted by Crippen LogP contribution is 2.31. The SMILES string of the molecule is C[NH+](C)CCCN(C(=O)c1ccco1)c1nc2ccc(Br)cc2s1. The van der Waals surface area contributed by atoms with Gasteiger partial charge in [0.15, 0.2) is 10.9 Å². The van der Waals surface area contributed by atoms with Gasteiger partial charge in [0.2, 0.25) is 0 Å². The lowest BCUT2D eigenvalue weighted by atomic mass is 10.3. The summed E-state index contributed by atoms with van der Waals surface area (Å²) >= 11 is 5.00. The highest BCUT2D eigenvalue weighted by Gasteiger charge is 2.23. The molecule has 0 unspecified atom stereocenters. The summed E-state index contributed by atoms with van der Waals surface area (Å²) in [5, 5.41) is 0.707. The molecule has 0 radical (unpaired) electrons. The number of carbonyl (C=O) groups excluding carboxylic acids is 1. The molecule has 126 valence electrons. The number of halogens is 1. The summed E-state index contributed by atoms with van der Waals surface area (Å²) in [7, 11) is 4.21. The molecule has 1 amide bonds. The van der Waals surface area contributed by atoms with Gasteiger partial charge in [-0.05, 0) is 30.3 Å². The number of hydrogen-bond acceptors (Lipinski definition) is 4. The van der Waals surface area contributed by atoms with Crippen molar-refractivity contribution in [3.63, 3.8) is 0 Å². The van der Waals surface area contributed by atoms with Gasteiger partial charge in [0.05, 0.1) is 37.1 Å². The third kappa shape index (κ3) is 3.85. The quantitative estimate of drug-likeness (QED) is 0.681. The highest BCUT2D eigenvalue weighted by molar-refractivity contribution is 9.10. The summed E-state index contributed by atoms with van der Waals surface area (Å²) in [6.45, 7) is 1.60. The van der Waals surface area contributed by atoms with Gasteiger partial charge in [0.25, 0.3) is 5.91 Å². The van der Waals surface area contributed by atoms with Crippen LogP contribution < -0.4 is 9.80 Å². The Morgan fingerprint density at radius 3 is 2.92 bits per heavy atom. The van der Waals surface area contributed by atoms with Crippen molar-refractivity contribution in [1.82, 2.24) is 4.98 Å². The second-order valence-corrected chi connectivity index (χ2v) is 7.78. The minimum atomic E-state index is -0.146. The van der Waals surface area contributed by atoms with Crippen molar-refractivity contribution in [2.45, 2.75) is 6.42 Å². The molecule has 0 spiro atoms. The normalized spacial score (nSPS) is 11.3. The number of benzene rings is 1. The van der Waals surface area contributed by atoms with Gasteiger partial charge in [-0.1, -0.05) is 27.3 Å². The van der Waals surface area contributed by atoms with Gasteiger partial charge in [-0.15, -0.1) is 0 Å². The minimum absolute atomic E-state index is 0.146. The van der Waals surface area contributed by atoms with E-state index in [0.29, 0.717) is 17.4 Å². The zero-order valence-electron chi connectivity index (χ0n) is 13.6. The number of amides is 1. The molecule has 1 aromatic carbocycles. The average Bonchev–Trinajstić information content (AvgIpc) is 3.19. The van der Waals surface area contributed by atoms with Gasteiger partial charge in [0.1, 0.15) is 0 Å². The topological polar surface area (TPSA) is 50.8 Å². The number of fused-ring (bicyclic) bond motifs is 1. The fourth-order valence-electron chi connectivity index (χ4n) is 2.41. The third-order valence-electron chi connectivity index (χ3n) is 3.61. The molecule has 24 heavy (non-hydrogen) atoms.